The zero-order chi connectivity index (χ0) is 13.0. The van der Waals surface area contributed by atoms with Gasteiger partial charge in [-0.05, 0) is 30.9 Å². The second kappa shape index (κ2) is 5.50. The normalized spacial score (nSPS) is 16.3. The molecule has 0 saturated carbocycles. The summed E-state index contributed by atoms with van der Waals surface area (Å²) in [5.41, 5.74) is 0.417. The first-order chi connectivity index (χ1) is 8.69. The van der Waals surface area contributed by atoms with Crippen molar-refractivity contribution >= 4 is 11.8 Å². The first-order valence-corrected chi connectivity index (χ1v) is 6.03. The van der Waals surface area contributed by atoms with Crippen LogP contribution in [0.15, 0.2) is 18.2 Å². The molecule has 94 valence electrons. The van der Waals surface area contributed by atoms with Crippen LogP contribution in [0.2, 0.25) is 0 Å². The largest absolute Gasteiger partial charge is 0.481 e. The van der Waals surface area contributed by atoms with Crippen LogP contribution in [0.25, 0.3) is 0 Å². The van der Waals surface area contributed by atoms with Gasteiger partial charge in [0.1, 0.15) is 17.6 Å². The van der Waals surface area contributed by atoms with Gasteiger partial charge in [0.15, 0.2) is 0 Å². The standard InChI is InChI=1S/C13H15N3O2/c14-9-11-2-1-3-12(15-11)16-6-4-10(5-7-16)8-13(17)18/h1-3,10H,4-8H2,(H,17,18). The fraction of sp³-hybridized carbons (Fsp3) is 0.462. The number of rotatable bonds is 3. The first kappa shape index (κ1) is 12.4. The number of piperidine rings is 1. The van der Waals surface area contributed by atoms with Crippen molar-refractivity contribution in [2.24, 2.45) is 5.92 Å². The molecule has 0 unspecified atom stereocenters. The smallest absolute Gasteiger partial charge is 0.303 e. The minimum absolute atomic E-state index is 0.250. The lowest BCUT2D eigenvalue weighted by Gasteiger charge is -2.32. The molecule has 0 radical (unpaired) electrons. The fourth-order valence-corrected chi connectivity index (χ4v) is 2.27. The number of hydrogen-bond donors (Lipinski definition) is 1. The third kappa shape index (κ3) is 2.98. The number of carboxylic acid groups (broad SMARTS) is 1. The average molecular weight is 245 g/mol. The molecule has 0 atom stereocenters. The molecule has 0 aromatic carbocycles. The van der Waals surface area contributed by atoms with Crippen LogP contribution < -0.4 is 4.90 Å². The number of pyridine rings is 1. The highest BCUT2D eigenvalue weighted by Gasteiger charge is 2.22. The van der Waals surface area contributed by atoms with E-state index in [1.165, 1.54) is 0 Å². The van der Waals surface area contributed by atoms with E-state index < -0.39 is 5.97 Å². The Kier molecular flexibility index (Phi) is 3.78. The predicted octanol–water partition coefficient (Wildman–Crippen LogP) is 1.64. The Labute approximate surface area is 106 Å². The highest BCUT2D eigenvalue weighted by molar-refractivity contribution is 5.67. The molecule has 1 aliphatic rings. The van der Waals surface area contributed by atoms with Gasteiger partial charge in [-0.25, -0.2) is 4.98 Å². The summed E-state index contributed by atoms with van der Waals surface area (Å²) in [5.74, 6) is 0.346. The van der Waals surface area contributed by atoms with Crippen LogP contribution in [0.3, 0.4) is 0 Å². The van der Waals surface area contributed by atoms with Gasteiger partial charge in [-0.3, -0.25) is 4.79 Å². The van der Waals surface area contributed by atoms with E-state index in [2.05, 4.69) is 9.88 Å². The molecule has 5 nitrogen and oxygen atoms in total. The van der Waals surface area contributed by atoms with Crippen molar-refractivity contribution in [3.05, 3.63) is 23.9 Å². The number of nitriles is 1. The molecule has 18 heavy (non-hydrogen) atoms. The number of aromatic nitrogens is 1. The van der Waals surface area contributed by atoms with Crippen LogP contribution in [0.4, 0.5) is 5.82 Å². The lowest BCUT2D eigenvalue weighted by molar-refractivity contribution is -0.138. The molecule has 1 saturated heterocycles. The molecule has 2 heterocycles. The fourth-order valence-electron chi connectivity index (χ4n) is 2.27. The van der Waals surface area contributed by atoms with Crippen LogP contribution in [-0.4, -0.2) is 29.1 Å². The van der Waals surface area contributed by atoms with E-state index in [4.69, 9.17) is 10.4 Å². The number of nitrogens with zero attached hydrogens (tertiary/aromatic N) is 3. The summed E-state index contributed by atoms with van der Waals surface area (Å²) in [7, 11) is 0. The van der Waals surface area contributed by atoms with Crippen molar-refractivity contribution in [1.29, 1.82) is 5.26 Å². The van der Waals surface area contributed by atoms with E-state index in [9.17, 15) is 4.79 Å². The Morgan fingerprint density at radius 2 is 2.22 bits per heavy atom. The summed E-state index contributed by atoms with van der Waals surface area (Å²) >= 11 is 0. The van der Waals surface area contributed by atoms with Gasteiger partial charge in [-0.2, -0.15) is 5.26 Å². The molecule has 1 aromatic rings. The number of carboxylic acids is 1. The number of carbonyl (C=O) groups is 1. The van der Waals surface area contributed by atoms with Gasteiger partial charge >= 0.3 is 5.97 Å². The summed E-state index contributed by atoms with van der Waals surface area (Å²) in [5, 5.41) is 17.6. The molecular formula is C13H15N3O2. The minimum Gasteiger partial charge on any atom is -0.481 e. The van der Waals surface area contributed by atoms with Crippen molar-refractivity contribution < 1.29 is 9.90 Å². The Bertz CT molecular complexity index is 473. The lowest BCUT2D eigenvalue weighted by atomic mass is 9.94. The van der Waals surface area contributed by atoms with E-state index in [1.807, 2.05) is 18.2 Å². The first-order valence-electron chi connectivity index (χ1n) is 6.03. The van der Waals surface area contributed by atoms with Crippen LogP contribution >= 0.6 is 0 Å². The summed E-state index contributed by atoms with van der Waals surface area (Å²) in [4.78, 5) is 17.0. The molecule has 2 rings (SSSR count). The maximum atomic E-state index is 10.6. The molecule has 1 fully saturated rings. The topological polar surface area (TPSA) is 77.2 Å². The van der Waals surface area contributed by atoms with E-state index >= 15 is 0 Å². The summed E-state index contributed by atoms with van der Waals surface area (Å²) < 4.78 is 0. The predicted molar refractivity (Wildman–Crippen MR) is 66.1 cm³/mol. The quantitative estimate of drug-likeness (QED) is 0.876. The molecule has 0 bridgehead atoms. The molecular weight excluding hydrogens is 230 g/mol. The number of hydrogen-bond acceptors (Lipinski definition) is 4. The lowest BCUT2D eigenvalue weighted by Crippen LogP contribution is -2.34. The van der Waals surface area contributed by atoms with Gasteiger partial charge < -0.3 is 10.0 Å². The Morgan fingerprint density at radius 3 is 2.83 bits per heavy atom. The third-order valence-electron chi connectivity index (χ3n) is 3.25. The summed E-state index contributed by atoms with van der Waals surface area (Å²) in [6.07, 6.45) is 1.98. The van der Waals surface area contributed by atoms with Gasteiger partial charge in [0.05, 0.1) is 0 Å². The van der Waals surface area contributed by atoms with E-state index in [-0.39, 0.29) is 12.3 Å². The molecule has 0 aliphatic carbocycles. The van der Waals surface area contributed by atoms with Crippen LogP contribution in [0.5, 0.6) is 0 Å². The van der Waals surface area contributed by atoms with E-state index in [0.29, 0.717) is 5.69 Å². The monoisotopic (exact) mass is 245 g/mol. The average Bonchev–Trinajstić information content (AvgIpc) is 2.39. The Morgan fingerprint density at radius 1 is 1.50 bits per heavy atom. The third-order valence-corrected chi connectivity index (χ3v) is 3.25. The van der Waals surface area contributed by atoms with Gasteiger partial charge in [-0.1, -0.05) is 6.07 Å². The molecule has 0 amide bonds. The van der Waals surface area contributed by atoms with Gasteiger partial charge in [0.25, 0.3) is 0 Å². The summed E-state index contributed by atoms with van der Waals surface area (Å²) in [6, 6.07) is 7.42. The molecule has 0 spiro atoms. The van der Waals surface area contributed by atoms with Crippen molar-refractivity contribution in [2.75, 3.05) is 18.0 Å². The molecule has 1 aromatic heterocycles. The zero-order valence-electron chi connectivity index (χ0n) is 10.0. The van der Waals surface area contributed by atoms with Crippen LogP contribution in [0.1, 0.15) is 25.0 Å². The number of anilines is 1. The van der Waals surface area contributed by atoms with Crippen molar-refractivity contribution in [3.8, 4) is 6.07 Å². The van der Waals surface area contributed by atoms with Crippen molar-refractivity contribution in [2.45, 2.75) is 19.3 Å². The maximum Gasteiger partial charge on any atom is 0.303 e. The Hall–Kier alpha value is -2.09. The Balaban J connectivity index is 1.97. The van der Waals surface area contributed by atoms with Gasteiger partial charge in [0.2, 0.25) is 0 Å². The van der Waals surface area contributed by atoms with Gasteiger partial charge in [0, 0.05) is 19.5 Å². The molecule has 1 aliphatic heterocycles. The van der Waals surface area contributed by atoms with E-state index in [0.717, 1.165) is 31.7 Å². The zero-order valence-corrected chi connectivity index (χ0v) is 10.0. The molecule has 1 N–H and O–H groups in total. The SMILES string of the molecule is N#Cc1cccc(N2CCC(CC(=O)O)CC2)n1. The van der Waals surface area contributed by atoms with Crippen LogP contribution in [0, 0.1) is 17.2 Å². The van der Waals surface area contributed by atoms with Gasteiger partial charge in [-0.15, -0.1) is 0 Å². The molecule has 5 heteroatoms. The maximum absolute atomic E-state index is 10.6. The van der Waals surface area contributed by atoms with Crippen molar-refractivity contribution in [1.82, 2.24) is 4.98 Å². The second-order valence-corrected chi connectivity index (χ2v) is 4.52. The minimum atomic E-state index is -0.724. The highest BCUT2D eigenvalue weighted by atomic mass is 16.4. The number of aliphatic carboxylic acids is 1. The second-order valence-electron chi connectivity index (χ2n) is 4.52. The highest BCUT2D eigenvalue weighted by Crippen LogP contribution is 2.24. The summed E-state index contributed by atoms with van der Waals surface area (Å²) in [6.45, 7) is 1.61. The van der Waals surface area contributed by atoms with Crippen LogP contribution in [-0.2, 0) is 4.79 Å². The van der Waals surface area contributed by atoms with Crippen molar-refractivity contribution in [3.63, 3.8) is 0 Å². The van der Waals surface area contributed by atoms with E-state index in [1.54, 1.807) is 6.07 Å².